The first-order chi connectivity index (χ1) is 6.29. The quantitative estimate of drug-likeness (QED) is 0.658. The number of hydrogen-bond donors (Lipinski definition) is 1. The Kier molecular flexibility index (Phi) is 1.73. The van der Waals surface area contributed by atoms with Gasteiger partial charge >= 0.3 is 0 Å². The summed E-state index contributed by atoms with van der Waals surface area (Å²) in [6.45, 7) is 0. The lowest BCUT2D eigenvalue weighted by Gasteiger charge is -2.03. The Labute approximate surface area is 76.0 Å². The van der Waals surface area contributed by atoms with Crippen molar-refractivity contribution in [3.63, 3.8) is 0 Å². The number of aryl methyl sites for hydroxylation is 1. The summed E-state index contributed by atoms with van der Waals surface area (Å²) in [5, 5.41) is 7.64. The molecule has 2 rings (SSSR count). The van der Waals surface area contributed by atoms with Gasteiger partial charge in [-0.15, -0.1) is 5.10 Å². The molecule has 0 aliphatic carbocycles. The van der Waals surface area contributed by atoms with Crippen LogP contribution in [0.3, 0.4) is 0 Å². The topological polar surface area (TPSA) is 56.7 Å². The standard InChI is InChI=1S/C9H10N4/c1-13-9(6-11-12-13)7-4-2-3-5-8(7)10/h2-6H,10H2,1H3. The van der Waals surface area contributed by atoms with E-state index in [-0.39, 0.29) is 0 Å². The molecule has 13 heavy (non-hydrogen) atoms. The third-order valence-corrected chi connectivity index (χ3v) is 1.95. The predicted molar refractivity (Wildman–Crippen MR) is 50.9 cm³/mol. The maximum absolute atomic E-state index is 5.81. The molecule has 0 amide bonds. The van der Waals surface area contributed by atoms with Crippen molar-refractivity contribution in [2.24, 2.45) is 7.05 Å². The number of aromatic nitrogens is 3. The van der Waals surface area contributed by atoms with Gasteiger partial charge in [0.15, 0.2) is 0 Å². The van der Waals surface area contributed by atoms with Gasteiger partial charge in [0.2, 0.25) is 0 Å². The zero-order chi connectivity index (χ0) is 9.26. The summed E-state index contributed by atoms with van der Waals surface area (Å²) in [6.07, 6.45) is 1.70. The molecule has 1 aromatic carbocycles. The molecule has 4 nitrogen and oxygen atoms in total. The number of anilines is 1. The van der Waals surface area contributed by atoms with Gasteiger partial charge < -0.3 is 5.73 Å². The third-order valence-electron chi connectivity index (χ3n) is 1.95. The minimum absolute atomic E-state index is 0.743. The van der Waals surface area contributed by atoms with E-state index in [1.807, 2.05) is 31.3 Å². The van der Waals surface area contributed by atoms with Gasteiger partial charge in [0.1, 0.15) is 0 Å². The summed E-state index contributed by atoms with van der Waals surface area (Å²) in [4.78, 5) is 0. The maximum Gasteiger partial charge on any atom is 0.0902 e. The van der Waals surface area contributed by atoms with Crippen molar-refractivity contribution < 1.29 is 0 Å². The zero-order valence-corrected chi connectivity index (χ0v) is 7.31. The zero-order valence-electron chi connectivity index (χ0n) is 7.31. The molecule has 0 bridgehead atoms. The number of nitrogens with two attached hydrogens (primary N) is 1. The summed E-state index contributed by atoms with van der Waals surface area (Å²) in [7, 11) is 1.84. The summed E-state index contributed by atoms with van der Waals surface area (Å²) in [5.74, 6) is 0. The summed E-state index contributed by atoms with van der Waals surface area (Å²) < 4.78 is 1.70. The number of nitrogen functional groups attached to an aromatic ring is 1. The van der Waals surface area contributed by atoms with Crippen molar-refractivity contribution in [2.45, 2.75) is 0 Å². The van der Waals surface area contributed by atoms with Crippen LogP contribution >= 0.6 is 0 Å². The average Bonchev–Trinajstić information content (AvgIpc) is 2.52. The Morgan fingerprint density at radius 1 is 1.31 bits per heavy atom. The van der Waals surface area contributed by atoms with E-state index >= 15 is 0 Å². The number of hydrogen-bond acceptors (Lipinski definition) is 3. The Morgan fingerprint density at radius 3 is 2.69 bits per heavy atom. The van der Waals surface area contributed by atoms with Crippen molar-refractivity contribution in [1.82, 2.24) is 15.0 Å². The van der Waals surface area contributed by atoms with Gasteiger partial charge in [-0.2, -0.15) is 0 Å². The van der Waals surface area contributed by atoms with Crippen LogP contribution in [0.5, 0.6) is 0 Å². The summed E-state index contributed by atoms with van der Waals surface area (Å²) >= 11 is 0. The van der Waals surface area contributed by atoms with Crippen LogP contribution in [0.2, 0.25) is 0 Å². The highest BCUT2D eigenvalue weighted by Crippen LogP contribution is 2.23. The van der Waals surface area contributed by atoms with Gasteiger partial charge in [-0.25, -0.2) is 4.68 Å². The molecule has 1 aromatic heterocycles. The molecule has 1 heterocycles. The second-order valence-electron chi connectivity index (χ2n) is 2.83. The highest BCUT2D eigenvalue weighted by atomic mass is 15.4. The highest BCUT2D eigenvalue weighted by Gasteiger charge is 2.05. The van der Waals surface area contributed by atoms with E-state index in [1.54, 1.807) is 10.9 Å². The van der Waals surface area contributed by atoms with Gasteiger partial charge in [-0.3, -0.25) is 0 Å². The molecule has 66 valence electrons. The van der Waals surface area contributed by atoms with Gasteiger partial charge in [0.25, 0.3) is 0 Å². The summed E-state index contributed by atoms with van der Waals surface area (Å²) in [6, 6.07) is 7.66. The van der Waals surface area contributed by atoms with Crippen LogP contribution in [0.25, 0.3) is 11.3 Å². The van der Waals surface area contributed by atoms with E-state index in [4.69, 9.17) is 5.73 Å². The minimum atomic E-state index is 0.743. The molecular formula is C9H10N4. The Bertz CT molecular complexity index is 419. The van der Waals surface area contributed by atoms with Crippen molar-refractivity contribution in [2.75, 3.05) is 5.73 Å². The molecule has 0 fully saturated rings. The van der Waals surface area contributed by atoms with Gasteiger partial charge in [0.05, 0.1) is 11.9 Å². The van der Waals surface area contributed by atoms with Crippen molar-refractivity contribution in [3.05, 3.63) is 30.5 Å². The monoisotopic (exact) mass is 174 g/mol. The fourth-order valence-corrected chi connectivity index (χ4v) is 1.26. The van der Waals surface area contributed by atoms with Crippen LogP contribution in [0.15, 0.2) is 30.5 Å². The van der Waals surface area contributed by atoms with Crippen LogP contribution in [0, 0.1) is 0 Å². The Morgan fingerprint density at radius 2 is 2.08 bits per heavy atom. The molecule has 0 aliphatic rings. The first-order valence-electron chi connectivity index (χ1n) is 3.98. The van der Waals surface area contributed by atoms with Crippen molar-refractivity contribution in [1.29, 1.82) is 0 Å². The lowest BCUT2D eigenvalue weighted by Crippen LogP contribution is -1.96. The molecule has 0 spiro atoms. The van der Waals surface area contributed by atoms with E-state index in [1.165, 1.54) is 0 Å². The van der Waals surface area contributed by atoms with Crippen LogP contribution in [-0.4, -0.2) is 15.0 Å². The maximum atomic E-state index is 5.81. The Hall–Kier alpha value is -1.84. The third kappa shape index (κ3) is 1.26. The molecule has 0 saturated carbocycles. The lowest BCUT2D eigenvalue weighted by molar-refractivity contribution is 0.721. The molecular weight excluding hydrogens is 164 g/mol. The SMILES string of the molecule is Cn1nncc1-c1ccccc1N. The van der Waals surface area contributed by atoms with E-state index in [0.717, 1.165) is 16.9 Å². The average molecular weight is 174 g/mol. The van der Waals surface area contributed by atoms with Crippen LogP contribution in [0.4, 0.5) is 5.69 Å². The Balaban J connectivity index is 2.59. The molecule has 2 aromatic rings. The molecule has 0 saturated heterocycles. The van der Waals surface area contributed by atoms with E-state index < -0.39 is 0 Å². The van der Waals surface area contributed by atoms with E-state index in [2.05, 4.69) is 10.3 Å². The lowest BCUT2D eigenvalue weighted by atomic mass is 10.1. The number of benzene rings is 1. The van der Waals surface area contributed by atoms with Crippen molar-refractivity contribution in [3.8, 4) is 11.3 Å². The second kappa shape index (κ2) is 2.90. The second-order valence-corrected chi connectivity index (χ2v) is 2.83. The fourth-order valence-electron chi connectivity index (χ4n) is 1.26. The minimum Gasteiger partial charge on any atom is -0.398 e. The smallest absolute Gasteiger partial charge is 0.0902 e. The first-order valence-corrected chi connectivity index (χ1v) is 3.98. The highest BCUT2D eigenvalue weighted by molar-refractivity contribution is 5.73. The molecule has 0 aliphatic heterocycles. The van der Waals surface area contributed by atoms with Gasteiger partial charge in [-0.05, 0) is 6.07 Å². The summed E-state index contributed by atoms with van der Waals surface area (Å²) in [5.41, 5.74) is 8.45. The number of para-hydroxylation sites is 1. The van der Waals surface area contributed by atoms with Crippen LogP contribution < -0.4 is 5.73 Å². The molecule has 0 radical (unpaired) electrons. The number of nitrogens with zero attached hydrogens (tertiary/aromatic N) is 3. The number of rotatable bonds is 1. The normalized spacial score (nSPS) is 10.2. The predicted octanol–water partition coefficient (Wildman–Crippen LogP) is 1.06. The molecule has 0 unspecified atom stereocenters. The van der Waals surface area contributed by atoms with Gasteiger partial charge in [-0.1, -0.05) is 23.4 Å². The largest absolute Gasteiger partial charge is 0.398 e. The van der Waals surface area contributed by atoms with Crippen LogP contribution in [0.1, 0.15) is 0 Å². The van der Waals surface area contributed by atoms with Crippen molar-refractivity contribution >= 4 is 5.69 Å². The molecule has 0 atom stereocenters. The fraction of sp³-hybridized carbons (Fsp3) is 0.111. The first kappa shape index (κ1) is 7.79. The van der Waals surface area contributed by atoms with E-state index in [0.29, 0.717) is 0 Å². The van der Waals surface area contributed by atoms with Crippen LogP contribution in [-0.2, 0) is 7.05 Å². The van der Waals surface area contributed by atoms with E-state index in [9.17, 15) is 0 Å². The molecule has 2 N–H and O–H groups in total. The molecule has 4 heteroatoms. The van der Waals surface area contributed by atoms with Gasteiger partial charge in [0, 0.05) is 18.3 Å².